The molecule has 0 heterocycles. The molecule has 3 rings (SSSR count). The third kappa shape index (κ3) is 3.50. The highest BCUT2D eigenvalue weighted by Gasteiger charge is 2.52. The lowest BCUT2D eigenvalue weighted by Gasteiger charge is -2.47. The summed E-state index contributed by atoms with van der Waals surface area (Å²) in [4.78, 5) is 0. The fourth-order valence-corrected chi connectivity index (χ4v) is 15.4. The van der Waals surface area contributed by atoms with E-state index < -0.39 is 8.07 Å². The molecule has 0 radical (unpaired) electrons. The molecule has 0 N–H and O–H groups in total. The molecule has 3 aliphatic carbocycles. The van der Waals surface area contributed by atoms with Gasteiger partial charge in [-0.25, -0.2) is 0 Å². The van der Waals surface area contributed by atoms with Gasteiger partial charge in [0, 0.05) is 0 Å². The van der Waals surface area contributed by atoms with Crippen molar-refractivity contribution in [1.29, 1.82) is 0 Å². The summed E-state index contributed by atoms with van der Waals surface area (Å²) in [5, 5.41) is 0. The first-order chi connectivity index (χ1) is 10.9. The van der Waals surface area contributed by atoms with Gasteiger partial charge < -0.3 is 0 Å². The molecule has 0 amide bonds. The van der Waals surface area contributed by atoms with E-state index in [1.54, 1.807) is 89.5 Å². The second-order valence-electron chi connectivity index (χ2n) is 8.87. The monoisotopic (exact) mass is 320 g/mol. The molecule has 0 aromatic heterocycles. The number of unbranched alkanes of at least 4 members (excludes halogenated alkanes) is 3. The van der Waals surface area contributed by atoms with Crippen LogP contribution in [0.5, 0.6) is 0 Å². The molecule has 0 bridgehead atoms. The third-order valence-electron chi connectivity index (χ3n) is 7.81. The van der Waals surface area contributed by atoms with E-state index in [9.17, 15) is 0 Å². The van der Waals surface area contributed by atoms with E-state index in [1.165, 1.54) is 35.9 Å². The molecule has 3 aliphatic rings. The van der Waals surface area contributed by atoms with Crippen molar-refractivity contribution in [3.8, 4) is 0 Å². The average Bonchev–Trinajstić information content (AvgIpc) is 3.29. The number of hydrogen-bond donors (Lipinski definition) is 0. The molecule has 0 spiro atoms. The van der Waals surface area contributed by atoms with Crippen molar-refractivity contribution in [3.63, 3.8) is 0 Å². The molecule has 0 saturated heterocycles. The minimum atomic E-state index is -1.05. The van der Waals surface area contributed by atoms with Gasteiger partial charge in [-0.2, -0.15) is 0 Å². The minimum Gasteiger partial charge on any atom is -0.0654 e. The highest BCUT2D eigenvalue weighted by molar-refractivity contribution is 6.84. The van der Waals surface area contributed by atoms with Crippen LogP contribution in [0, 0.1) is 0 Å². The molecule has 0 atom stereocenters. The van der Waals surface area contributed by atoms with Gasteiger partial charge in [-0.05, 0) is 16.6 Å². The van der Waals surface area contributed by atoms with E-state index in [0.717, 1.165) is 0 Å². The van der Waals surface area contributed by atoms with Gasteiger partial charge in [0.1, 0.15) is 0 Å². The number of hydrogen-bond acceptors (Lipinski definition) is 0. The molecule has 3 saturated carbocycles. The van der Waals surface area contributed by atoms with Crippen LogP contribution in [0.1, 0.15) is 110 Å². The fourth-order valence-electron chi connectivity index (χ4n) is 6.86. The largest absolute Gasteiger partial charge is 0.0654 e. The lowest BCUT2D eigenvalue weighted by Crippen LogP contribution is -2.47. The summed E-state index contributed by atoms with van der Waals surface area (Å²) < 4.78 is 0. The van der Waals surface area contributed by atoms with Gasteiger partial charge in [0.25, 0.3) is 0 Å². The normalized spacial score (nSPS) is 25.5. The first-order valence-electron chi connectivity index (χ1n) is 10.9. The summed E-state index contributed by atoms with van der Waals surface area (Å²) in [6, 6.07) is 1.74. The summed E-state index contributed by atoms with van der Waals surface area (Å²) in [6.45, 7) is 2.37. The van der Waals surface area contributed by atoms with Crippen LogP contribution in [-0.4, -0.2) is 8.07 Å². The summed E-state index contributed by atoms with van der Waals surface area (Å²) in [5.41, 5.74) is 3.75. The van der Waals surface area contributed by atoms with Crippen molar-refractivity contribution < 1.29 is 0 Å². The van der Waals surface area contributed by atoms with Gasteiger partial charge in [0.05, 0.1) is 8.07 Å². The van der Waals surface area contributed by atoms with Gasteiger partial charge in [-0.1, -0.05) is 116 Å². The van der Waals surface area contributed by atoms with Crippen molar-refractivity contribution in [3.05, 3.63) is 0 Å². The standard InChI is InChI=1S/C21H40Si/c1-2-3-4-11-18-22(19-12-5-6-13-19,20-14-7-8-15-20)21-16-9-10-17-21/h19-21H,2-18H2,1H3. The highest BCUT2D eigenvalue weighted by atomic mass is 28.3. The van der Waals surface area contributed by atoms with Crippen LogP contribution >= 0.6 is 0 Å². The van der Waals surface area contributed by atoms with E-state index in [4.69, 9.17) is 0 Å². The van der Waals surface area contributed by atoms with Crippen LogP contribution in [-0.2, 0) is 0 Å². The molecule has 0 aliphatic heterocycles. The Balaban J connectivity index is 1.78. The van der Waals surface area contributed by atoms with Gasteiger partial charge >= 0.3 is 0 Å². The Labute approximate surface area is 140 Å². The summed E-state index contributed by atoms with van der Waals surface area (Å²) in [6.07, 6.45) is 25.4. The first kappa shape index (κ1) is 17.1. The Morgan fingerprint density at radius 1 is 0.591 bits per heavy atom. The predicted octanol–water partition coefficient (Wildman–Crippen LogP) is 7.85. The van der Waals surface area contributed by atoms with Crippen molar-refractivity contribution in [2.24, 2.45) is 0 Å². The van der Waals surface area contributed by atoms with Crippen LogP contribution < -0.4 is 0 Å². The topological polar surface area (TPSA) is 0 Å². The van der Waals surface area contributed by atoms with Crippen LogP contribution in [0.25, 0.3) is 0 Å². The maximum absolute atomic E-state index is 2.37. The van der Waals surface area contributed by atoms with Crippen molar-refractivity contribution in [2.45, 2.75) is 132 Å². The maximum atomic E-state index is 2.37. The zero-order valence-electron chi connectivity index (χ0n) is 15.3. The van der Waals surface area contributed by atoms with Crippen LogP contribution in [0.3, 0.4) is 0 Å². The zero-order chi connectivity index (χ0) is 15.3. The first-order valence-corrected chi connectivity index (χ1v) is 13.3. The van der Waals surface area contributed by atoms with Crippen LogP contribution in [0.15, 0.2) is 0 Å². The molecule has 0 aromatic rings. The lowest BCUT2D eigenvalue weighted by atomic mass is 10.2. The minimum absolute atomic E-state index is 1.05. The Bertz CT molecular complexity index is 265. The number of rotatable bonds is 8. The summed E-state index contributed by atoms with van der Waals surface area (Å²) in [7, 11) is -1.05. The van der Waals surface area contributed by atoms with Crippen molar-refractivity contribution in [1.82, 2.24) is 0 Å². The molecule has 128 valence electrons. The fraction of sp³-hybridized carbons (Fsp3) is 1.00. The van der Waals surface area contributed by atoms with E-state index in [1.807, 2.05) is 0 Å². The highest BCUT2D eigenvalue weighted by Crippen LogP contribution is 2.60. The predicted molar refractivity (Wildman–Crippen MR) is 101 cm³/mol. The van der Waals surface area contributed by atoms with E-state index in [-0.39, 0.29) is 0 Å². The molecule has 22 heavy (non-hydrogen) atoms. The lowest BCUT2D eigenvalue weighted by molar-refractivity contribution is 0.632. The molecular weight excluding hydrogens is 280 g/mol. The Hall–Kier alpha value is 0.217. The summed E-state index contributed by atoms with van der Waals surface area (Å²) in [5.74, 6) is 0. The molecule has 0 aromatic carbocycles. The second kappa shape index (κ2) is 8.35. The average molecular weight is 321 g/mol. The maximum Gasteiger partial charge on any atom is 0.0629 e. The van der Waals surface area contributed by atoms with Gasteiger partial charge in [0.2, 0.25) is 0 Å². The quantitative estimate of drug-likeness (QED) is 0.315. The van der Waals surface area contributed by atoms with Crippen LogP contribution in [0.4, 0.5) is 0 Å². The van der Waals surface area contributed by atoms with Gasteiger partial charge in [-0.3, -0.25) is 0 Å². The SMILES string of the molecule is CCCCCC[Si](C1CCCC1)(C1CCCC1)C1CCCC1. The Morgan fingerprint density at radius 2 is 1.00 bits per heavy atom. The molecule has 0 nitrogen and oxygen atoms in total. The van der Waals surface area contributed by atoms with E-state index in [2.05, 4.69) is 6.92 Å². The smallest absolute Gasteiger partial charge is 0.0629 e. The Morgan fingerprint density at radius 3 is 1.36 bits per heavy atom. The van der Waals surface area contributed by atoms with E-state index >= 15 is 0 Å². The van der Waals surface area contributed by atoms with E-state index in [0.29, 0.717) is 0 Å². The van der Waals surface area contributed by atoms with Gasteiger partial charge in [0.15, 0.2) is 0 Å². The second-order valence-corrected chi connectivity index (χ2v) is 14.0. The molecule has 0 unspecified atom stereocenters. The molecule has 3 fully saturated rings. The zero-order valence-corrected chi connectivity index (χ0v) is 16.3. The van der Waals surface area contributed by atoms with Crippen LogP contribution in [0.2, 0.25) is 22.7 Å². The molecular formula is C21H40Si. The molecule has 1 heteroatoms. The van der Waals surface area contributed by atoms with Crippen molar-refractivity contribution >= 4 is 8.07 Å². The van der Waals surface area contributed by atoms with Gasteiger partial charge in [-0.15, -0.1) is 0 Å². The summed E-state index contributed by atoms with van der Waals surface area (Å²) >= 11 is 0. The van der Waals surface area contributed by atoms with Crippen molar-refractivity contribution in [2.75, 3.05) is 0 Å². The third-order valence-corrected chi connectivity index (χ3v) is 15.3. The Kier molecular flexibility index (Phi) is 6.48.